The molecule has 4 rings (SSSR count). The van der Waals surface area contributed by atoms with Crippen LogP contribution in [0, 0.1) is 12.8 Å². The average molecular weight is 656 g/mol. The first kappa shape index (κ1) is 34.8. The van der Waals surface area contributed by atoms with E-state index in [9.17, 15) is 24.3 Å². The fourth-order valence-corrected chi connectivity index (χ4v) is 4.52. The van der Waals surface area contributed by atoms with E-state index in [-0.39, 0.29) is 48.6 Å². The fourth-order valence-electron chi connectivity index (χ4n) is 4.52. The Morgan fingerprint density at radius 2 is 1.87 bits per heavy atom. The normalized spacial score (nSPS) is 20.4. The van der Waals surface area contributed by atoms with E-state index >= 15 is 0 Å². The van der Waals surface area contributed by atoms with Crippen LogP contribution < -0.4 is 16.9 Å². The van der Waals surface area contributed by atoms with Gasteiger partial charge in [-0.2, -0.15) is 0 Å². The maximum absolute atomic E-state index is 12.8. The second-order valence-corrected chi connectivity index (χ2v) is 10.9. The van der Waals surface area contributed by atoms with Gasteiger partial charge in [0.2, 0.25) is 0 Å². The topological polar surface area (TPSA) is 230 Å². The third-order valence-corrected chi connectivity index (χ3v) is 7.14. The van der Waals surface area contributed by atoms with Gasteiger partial charge in [0.25, 0.3) is 0 Å². The molecule has 5 N–H and O–H groups in total. The number of carbonyl (C=O) groups is 3. The summed E-state index contributed by atoms with van der Waals surface area (Å²) >= 11 is 0. The minimum Gasteiger partial charge on any atom is -0.463 e. The summed E-state index contributed by atoms with van der Waals surface area (Å²) in [6.07, 6.45) is -4.48. The van der Waals surface area contributed by atoms with Crippen molar-refractivity contribution in [2.24, 2.45) is 21.6 Å². The number of H-pyrrole nitrogens is 1. The molecule has 0 saturated carbocycles. The van der Waals surface area contributed by atoms with E-state index in [0.717, 1.165) is 5.56 Å². The molecule has 16 heteroatoms. The van der Waals surface area contributed by atoms with Crippen LogP contribution in [0.1, 0.15) is 48.4 Å². The first-order valence-corrected chi connectivity index (χ1v) is 14.7. The number of esters is 2. The molecule has 47 heavy (non-hydrogen) atoms. The lowest BCUT2D eigenvalue weighted by Crippen LogP contribution is -2.44. The molecule has 1 aliphatic heterocycles. The van der Waals surface area contributed by atoms with E-state index in [0.29, 0.717) is 5.69 Å². The molecule has 0 bridgehead atoms. The minimum atomic E-state index is -1.40. The highest BCUT2D eigenvalue weighted by Crippen LogP contribution is 2.35. The van der Waals surface area contributed by atoms with Gasteiger partial charge >= 0.3 is 23.9 Å². The van der Waals surface area contributed by atoms with Gasteiger partial charge in [0.1, 0.15) is 37.3 Å². The third kappa shape index (κ3) is 9.25. The lowest BCUT2D eigenvalue weighted by atomic mass is 10.0. The molecule has 1 aliphatic rings. The van der Waals surface area contributed by atoms with E-state index in [1.165, 1.54) is 20.3 Å². The number of aryl methyl sites for hydroxylation is 1. The number of nitrogens with two attached hydrogens (primary N) is 1. The quantitative estimate of drug-likeness (QED) is 0.0945. The maximum Gasteiger partial charge on any atom is 0.519 e. The number of rotatable bonds is 12. The Hall–Kier alpha value is -5.06. The van der Waals surface area contributed by atoms with Crippen molar-refractivity contribution in [1.29, 1.82) is 0 Å². The number of aromatic nitrogens is 1. The van der Waals surface area contributed by atoms with Crippen molar-refractivity contribution in [2.45, 2.75) is 64.3 Å². The van der Waals surface area contributed by atoms with Gasteiger partial charge in [0.05, 0.1) is 12.1 Å². The zero-order valence-corrected chi connectivity index (χ0v) is 26.2. The molecule has 0 aliphatic carbocycles. The molecule has 1 aromatic carbocycles. The predicted molar refractivity (Wildman–Crippen MR) is 164 cm³/mol. The van der Waals surface area contributed by atoms with Crippen molar-refractivity contribution in [3.8, 4) is 0 Å². The van der Waals surface area contributed by atoms with Gasteiger partial charge in [-0.3, -0.25) is 19.9 Å². The van der Waals surface area contributed by atoms with Crippen LogP contribution >= 0.6 is 0 Å². The van der Waals surface area contributed by atoms with Gasteiger partial charge in [-0.15, -0.1) is 0 Å². The number of hydrogen-bond donors (Lipinski definition) is 4. The molecule has 5 atom stereocenters. The van der Waals surface area contributed by atoms with E-state index in [1.54, 1.807) is 50.2 Å². The first-order chi connectivity index (χ1) is 22.5. The summed E-state index contributed by atoms with van der Waals surface area (Å²) in [5, 5.41) is 13.8. The lowest BCUT2D eigenvalue weighted by Gasteiger charge is -2.23. The van der Waals surface area contributed by atoms with Crippen LogP contribution in [0.2, 0.25) is 0 Å². The van der Waals surface area contributed by atoms with Crippen LogP contribution in [-0.2, 0) is 41.6 Å². The van der Waals surface area contributed by atoms with Crippen LogP contribution in [0.4, 0.5) is 4.79 Å². The number of hydrogen-bond acceptors (Lipinski definition) is 13. The Bertz CT molecular complexity index is 1640. The molecular formula is C31H37N5O11. The Balaban J connectivity index is 1.48. The average Bonchev–Trinajstić information content (AvgIpc) is 3.74. The molecule has 1 fully saturated rings. The zero-order chi connectivity index (χ0) is 34.1. The molecule has 3 aromatic rings. The molecular weight excluding hydrogens is 618 g/mol. The van der Waals surface area contributed by atoms with Crippen LogP contribution in [0.5, 0.6) is 0 Å². The highest BCUT2D eigenvalue weighted by atomic mass is 16.6. The van der Waals surface area contributed by atoms with Crippen LogP contribution in [-0.4, -0.2) is 78.3 Å². The number of aliphatic hydroxyl groups excluding tert-OH is 1. The standard InChI is InChI=1S/C31H37N5O11/c1-16(2)24(32)29(39)47-27-22(14-42-23(37)12-18-8-6-5-7-9-18)45-26(25(27)38)19-10-11-20(35-19)28(34-15-33-4)36-30(40)43-13-21-17(3)44-31(41)46-21/h5-11,15-16,22,24-27,35,38H,12-14,32H2,1-4H3,(H,33,34,36,40)/t22-,24+,25+,26+,27-/m1/s1. The smallest absolute Gasteiger partial charge is 0.463 e. The van der Waals surface area contributed by atoms with E-state index in [4.69, 9.17) is 33.5 Å². The summed E-state index contributed by atoms with van der Waals surface area (Å²) in [5.41, 5.74) is 7.33. The summed E-state index contributed by atoms with van der Waals surface area (Å²) in [7, 11) is 1.48. The van der Waals surface area contributed by atoms with Crippen molar-refractivity contribution in [2.75, 3.05) is 13.7 Å². The molecule has 16 nitrogen and oxygen atoms in total. The van der Waals surface area contributed by atoms with Gasteiger partial charge in [0.15, 0.2) is 30.1 Å². The van der Waals surface area contributed by atoms with Gasteiger partial charge in [-0.1, -0.05) is 44.2 Å². The largest absolute Gasteiger partial charge is 0.519 e. The Kier molecular flexibility index (Phi) is 11.8. The molecule has 1 saturated heterocycles. The Morgan fingerprint density at radius 3 is 2.53 bits per heavy atom. The summed E-state index contributed by atoms with van der Waals surface area (Å²) in [4.78, 5) is 60.1. The van der Waals surface area contributed by atoms with Gasteiger partial charge < -0.3 is 43.6 Å². The van der Waals surface area contributed by atoms with E-state index in [1.807, 2.05) is 6.07 Å². The van der Waals surface area contributed by atoms with Crippen molar-refractivity contribution in [3.63, 3.8) is 0 Å². The second kappa shape index (κ2) is 16.0. The fraction of sp³-hybridized carbons (Fsp3) is 0.419. The number of aliphatic hydroxyl groups is 1. The Labute approximate surface area is 268 Å². The number of alkyl carbamates (subject to hydrolysis) is 1. The van der Waals surface area contributed by atoms with Crippen molar-refractivity contribution < 1.29 is 47.3 Å². The summed E-state index contributed by atoms with van der Waals surface area (Å²) < 4.78 is 31.8. The van der Waals surface area contributed by atoms with Crippen LogP contribution in [0.3, 0.4) is 0 Å². The molecule has 0 radical (unpaired) electrons. The highest BCUT2D eigenvalue weighted by Gasteiger charge is 2.48. The number of ether oxygens (including phenoxy) is 4. The molecule has 3 heterocycles. The van der Waals surface area contributed by atoms with Gasteiger partial charge in [-0.05, 0) is 30.5 Å². The summed E-state index contributed by atoms with van der Waals surface area (Å²) in [5.74, 6) is -2.26. The van der Waals surface area contributed by atoms with E-state index < -0.39 is 54.3 Å². The predicted octanol–water partition coefficient (Wildman–Crippen LogP) is 1.68. The molecule has 1 amide bonds. The number of aliphatic imine (C=N–C) groups is 2. The van der Waals surface area contributed by atoms with Crippen molar-refractivity contribution >= 4 is 30.2 Å². The van der Waals surface area contributed by atoms with Crippen LogP contribution in [0.15, 0.2) is 66.1 Å². The number of nitrogens with one attached hydrogen (secondary N) is 2. The number of aromatic amines is 1. The van der Waals surface area contributed by atoms with Crippen LogP contribution in [0.25, 0.3) is 0 Å². The number of amidine groups is 1. The number of nitrogens with zero attached hydrogens (tertiary/aromatic N) is 2. The van der Waals surface area contributed by atoms with Crippen molar-refractivity contribution in [3.05, 3.63) is 81.6 Å². The Morgan fingerprint density at radius 1 is 1.13 bits per heavy atom. The van der Waals surface area contributed by atoms with Crippen molar-refractivity contribution in [1.82, 2.24) is 10.3 Å². The van der Waals surface area contributed by atoms with Gasteiger partial charge in [-0.25, -0.2) is 14.6 Å². The van der Waals surface area contributed by atoms with E-state index in [2.05, 4.69) is 20.3 Å². The molecule has 252 valence electrons. The number of carbonyl (C=O) groups excluding carboxylic acids is 3. The maximum atomic E-state index is 12.8. The molecule has 0 spiro atoms. The SMILES string of the molecule is CN=CN=C(NC(=O)OCc1oc(=O)oc1C)c1ccc([C@@H]2O[C@H](COC(=O)Cc3ccccc3)[C@@H](OC(=O)[C@@H](N)C(C)C)[C@H]2O)[nH]1. The van der Waals surface area contributed by atoms with Gasteiger partial charge in [0, 0.05) is 12.7 Å². The number of amides is 1. The number of benzene rings is 1. The highest BCUT2D eigenvalue weighted by molar-refractivity contribution is 6.08. The molecule has 2 aromatic heterocycles. The summed E-state index contributed by atoms with van der Waals surface area (Å²) in [6.45, 7) is 4.29. The molecule has 0 unspecified atom stereocenters. The lowest BCUT2D eigenvalue weighted by molar-refractivity contribution is -0.162. The monoisotopic (exact) mass is 655 g/mol. The summed E-state index contributed by atoms with van der Waals surface area (Å²) in [6, 6.07) is 11.2. The second-order valence-electron chi connectivity index (χ2n) is 10.9. The third-order valence-electron chi connectivity index (χ3n) is 7.14. The minimum absolute atomic E-state index is 0.0109. The zero-order valence-electron chi connectivity index (χ0n) is 26.2. The first-order valence-electron chi connectivity index (χ1n) is 14.7.